The van der Waals surface area contributed by atoms with Crippen LogP contribution in [0.15, 0.2) is 54.6 Å². The average Bonchev–Trinajstić information content (AvgIpc) is 3.01. The highest BCUT2D eigenvalue weighted by Gasteiger charge is 2.40. The lowest BCUT2D eigenvalue weighted by Gasteiger charge is -2.29. The normalized spacial score (nSPS) is 17.7. The second-order valence-electron chi connectivity index (χ2n) is 8.88. The van der Waals surface area contributed by atoms with Crippen LogP contribution in [0.4, 0.5) is 11.4 Å². The van der Waals surface area contributed by atoms with Crippen molar-refractivity contribution in [1.82, 2.24) is 0 Å². The SMILES string of the molecule is Cc1cccc2c1C(Cc1c(Cl)cccc1C1CCC1)C(=O)N2c1ccc(C(=O)O)c(O)c1. The number of carbonyl (C=O) groups is 2. The molecule has 2 N–H and O–H groups in total. The van der Waals surface area contributed by atoms with Crippen LogP contribution in [-0.4, -0.2) is 22.1 Å². The van der Waals surface area contributed by atoms with Gasteiger partial charge in [0.1, 0.15) is 11.3 Å². The standard InChI is InChI=1S/C27H24ClNO4/c1-15-5-2-10-23-25(15)21(14-20-18(16-6-3-7-16)8-4-9-22(20)28)26(31)29(23)17-11-12-19(27(32)33)24(30)13-17/h2,4-5,8-13,16,21,30H,3,6-7,14H2,1H3,(H,32,33). The molecule has 5 rings (SSSR count). The van der Waals surface area contributed by atoms with Crippen LogP contribution in [0.1, 0.15) is 63.7 Å². The Labute approximate surface area is 197 Å². The zero-order valence-electron chi connectivity index (χ0n) is 18.2. The maximum absolute atomic E-state index is 13.8. The number of aromatic carboxylic acids is 1. The molecule has 0 spiro atoms. The predicted molar refractivity (Wildman–Crippen MR) is 128 cm³/mol. The van der Waals surface area contributed by atoms with Crippen molar-refractivity contribution in [3.63, 3.8) is 0 Å². The first-order chi connectivity index (χ1) is 15.9. The lowest BCUT2D eigenvalue weighted by Crippen LogP contribution is -2.25. The van der Waals surface area contributed by atoms with Crippen molar-refractivity contribution in [2.45, 2.75) is 44.4 Å². The summed E-state index contributed by atoms with van der Waals surface area (Å²) in [7, 11) is 0. The summed E-state index contributed by atoms with van der Waals surface area (Å²) in [5.74, 6) is -1.63. The number of phenols is 1. The molecule has 1 fully saturated rings. The van der Waals surface area contributed by atoms with E-state index in [9.17, 15) is 19.8 Å². The number of hydrogen-bond donors (Lipinski definition) is 2. The number of nitrogens with zero attached hydrogens (tertiary/aromatic N) is 1. The molecule has 0 saturated heterocycles. The Morgan fingerprint density at radius 3 is 2.55 bits per heavy atom. The highest BCUT2D eigenvalue weighted by atomic mass is 35.5. The van der Waals surface area contributed by atoms with Crippen molar-refractivity contribution < 1.29 is 19.8 Å². The molecule has 1 aliphatic heterocycles. The van der Waals surface area contributed by atoms with Crippen LogP contribution in [0.25, 0.3) is 0 Å². The summed E-state index contributed by atoms with van der Waals surface area (Å²) in [4.78, 5) is 26.7. The van der Waals surface area contributed by atoms with Crippen LogP contribution in [0.2, 0.25) is 5.02 Å². The van der Waals surface area contributed by atoms with Crippen LogP contribution in [-0.2, 0) is 11.2 Å². The van der Waals surface area contributed by atoms with Gasteiger partial charge in [0, 0.05) is 11.1 Å². The first-order valence-electron chi connectivity index (χ1n) is 11.1. The summed E-state index contributed by atoms with van der Waals surface area (Å²) in [5, 5.41) is 20.2. The Morgan fingerprint density at radius 2 is 1.88 bits per heavy atom. The van der Waals surface area contributed by atoms with Gasteiger partial charge in [0.2, 0.25) is 5.91 Å². The van der Waals surface area contributed by atoms with Gasteiger partial charge in [0.25, 0.3) is 0 Å². The van der Waals surface area contributed by atoms with Crippen molar-refractivity contribution in [3.05, 3.63) is 87.4 Å². The zero-order chi connectivity index (χ0) is 23.3. The number of rotatable bonds is 5. The fourth-order valence-electron chi connectivity index (χ4n) is 5.10. The van der Waals surface area contributed by atoms with E-state index in [2.05, 4.69) is 6.07 Å². The van der Waals surface area contributed by atoms with Crippen LogP contribution in [0, 0.1) is 6.92 Å². The first-order valence-corrected chi connectivity index (χ1v) is 11.5. The fraction of sp³-hybridized carbons (Fsp3) is 0.259. The molecular weight excluding hydrogens is 438 g/mol. The Balaban J connectivity index is 1.58. The molecule has 168 valence electrons. The third-order valence-electron chi connectivity index (χ3n) is 6.99. The van der Waals surface area contributed by atoms with Crippen molar-refractivity contribution in [3.8, 4) is 5.75 Å². The van der Waals surface area contributed by atoms with Gasteiger partial charge in [0.05, 0.1) is 17.3 Å². The third-order valence-corrected chi connectivity index (χ3v) is 7.34. The number of anilines is 2. The lowest BCUT2D eigenvalue weighted by atomic mass is 9.76. The number of carboxylic acids is 1. The van der Waals surface area contributed by atoms with Crippen LogP contribution < -0.4 is 4.90 Å². The molecule has 0 aromatic heterocycles. The highest BCUT2D eigenvalue weighted by Crippen LogP contribution is 2.48. The summed E-state index contributed by atoms with van der Waals surface area (Å²) in [6.45, 7) is 1.99. The fourth-order valence-corrected chi connectivity index (χ4v) is 5.36. The highest BCUT2D eigenvalue weighted by molar-refractivity contribution is 6.31. The Morgan fingerprint density at radius 1 is 1.12 bits per heavy atom. The van der Waals surface area contributed by atoms with E-state index in [1.807, 2.05) is 37.3 Å². The molecule has 3 aromatic carbocycles. The van der Waals surface area contributed by atoms with Crippen molar-refractivity contribution >= 4 is 34.9 Å². The second-order valence-corrected chi connectivity index (χ2v) is 9.29. The zero-order valence-corrected chi connectivity index (χ0v) is 19.0. The number of hydrogen-bond acceptors (Lipinski definition) is 3. The van der Waals surface area contributed by atoms with Gasteiger partial charge in [-0.3, -0.25) is 9.69 Å². The van der Waals surface area contributed by atoms with E-state index in [0.29, 0.717) is 23.0 Å². The van der Waals surface area contributed by atoms with Crippen LogP contribution in [0.5, 0.6) is 5.75 Å². The van der Waals surface area contributed by atoms with Gasteiger partial charge >= 0.3 is 5.97 Å². The molecular formula is C27H24ClNO4. The number of amides is 1. The van der Waals surface area contributed by atoms with Crippen molar-refractivity contribution in [2.24, 2.45) is 0 Å². The van der Waals surface area contributed by atoms with E-state index in [1.54, 1.807) is 11.0 Å². The van der Waals surface area contributed by atoms with Gasteiger partial charge in [-0.2, -0.15) is 0 Å². The minimum Gasteiger partial charge on any atom is -0.507 e. The molecule has 3 aromatic rings. The molecule has 1 amide bonds. The molecule has 6 heteroatoms. The molecule has 0 radical (unpaired) electrons. The quantitative estimate of drug-likeness (QED) is 0.465. The number of carboxylic acid groups (broad SMARTS) is 1. The minimum atomic E-state index is -1.22. The van der Waals surface area contributed by atoms with Crippen LogP contribution in [0.3, 0.4) is 0 Å². The van der Waals surface area contributed by atoms with Crippen molar-refractivity contribution in [2.75, 3.05) is 4.90 Å². The number of carbonyl (C=O) groups excluding carboxylic acids is 1. The van der Waals surface area contributed by atoms with Gasteiger partial charge in [-0.1, -0.05) is 42.3 Å². The number of aromatic hydroxyl groups is 1. The van der Waals surface area contributed by atoms with Gasteiger partial charge < -0.3 is 10.2 Å². The maximum Gasteiger partial charge on any atom is 0.339 e. The Bertz CT molecular complexity index is 1280. The summed E-state index contributed by atoms with van der Waals surface area (Å²) >= 11 is 6.66. The Kier molecular flexibility index (Phi) is 5.37. The average molecular weight is 462 g/mol. The van der Waals surface area contributed by atoms with Gasteiger partial charge in [-0.25, -0.2) is 4.79 Å². The summed E-state index contributed by atoms with van der Waals surface area (Å²) in [5.41, 5.74) is 5.22. The molecule has 0 bridgehead atoms. The molecule has 1 saturated carbocycles. The van der Waals surface area contributed by atoms with E-state index in [-0.39, 0.29) is 17.2 Å². The summed E-state index contributed by atoms with van der Waals surface area (Å²) < 4.78 is 0. The van der Waals surface area contributed by atoms with E-state index in [1.165, 1.54) is 24.1 Å². The molecule has 33 heavy (non-hydrogen) atoms. The number of fused-ring (bicyclic) bond motifs is 1. The molecule has 2 aliphatic rings. The molecule has 1 atom stereocenters. The van der Waals surface area contributed by atoms with E-state index in [4.69, 9.17) is 11.6 Å². The predicted octanol–water partition coefficient (Wildman–Crippen LogP) is 6.32. The molecule has 5 nitrogen and oxygen atoms in total. The Hall–Kier alpha value is -3.31. The maximum atomic E-state index is 13.8. The van der Waals surface area contributed by atoms with Crippen molar-refractivity contribution in [1.29, 1.82) is 0 Å². The molecule has 1 aliphatic carbocycles. The minimum absolute atomic E-state index is 0.110. The topological polar surface area (TPSA) is 77.8 Å². The molecule has 1 unspecified atom stereocenters. The van der Waals surface area contributed by atoms with E-state index >= 15 is 0 Å². The second kappa shape index (κ2) is 8.23. The van der Waals surface area contributed by atoms with Gasteiger partial charge in [0.15, 0.2) is 0 Å². The third kappa shape index (κ3) is 3.57. The number of halogens is 1. The summed E-state index contributed by atoms with van der Waals surface area (Å²) in [6.07, 6.45) is 3.99. The van der Waals surface area contributed by atoms with E-state index in [0.717, 1.165) is 35.2 Å². The van der Waals surface area contributed by atoms with Gasteiger partial charge in [-0.05, 0) is 78.6 Å². The van der Waals surface area contributed by atoms with Crippen LogP contribution >= 0.6 is 11.6 Å². The first kappa shape index (κ1) is 21.5. The monoisotopic (exact) mass is 461 g/mol. The smallest absolute Gasteiger partial charge is 0.339 e. The lowest BCUT2D eigenvalue weighted by molar-refractivity contribution is -0.118. The largest absolute Gasteiger partial charge is 0.507 e. The van der Waals surface area contributed by atoms with E-state index < -0.39 is 11.9 Å². The molecule has 1 heterocycles. The van der Waals surface area contributed by atoms with Gasteiger partial charge in [-0.15, -0.1) is 0 Å². The number of benzene rings is 3. The summed E-state index contributed by atoms with van der Waals surface area (Å²) in [6, 6.07) is 16.0. The number of aryl methyl sites for hydroxylation is 1.